The van der Waals surface area contributed by atoms with Crippen molar-refractivity contribution < 1.29 is 8.42 Å². The molecule has 0 bridgehead atoms. The molecule has 0 saturated heterocycles. The quantitative estimate of drug-likeness (QED) is 0.858. The molecule has 1 aromatic heterocycles. The Labute approximate surface area is 107 Å². The number of nitrogens with one attached hydrogen (secondary N) is 1. The number of aromatic nitrogens is 1. The van der Waals surface area contributed by atoms with E-state index in [0.29, 0.717) is 13.1 Å². The lowest BCUT2D eigenvalue weighted by Gasteiger charge is -2.22. The van der Waals surface area contributed by atoms with Gasteiger partial charge in [0.05, 0.1) is 15.4 Å². The molecule has 1 rings (SSSR count). The third kappa shape index (κ3) is 4.04. The summed E-state index contributed by atoms with van der Waals surface area (Å²) >= 11 is 1.64. The lowest BCUT2D eigenvalue weighted by atomic mass is 10.2. The monoisotopic (exact) mass is 276 g/mol. The van der Waals surface area contributed by atoms with E-state index in [1.807, 2.05) is 5.38 Å². The summed E-state index contributed by atoms with van der Waals surface area (Å²) in [4.78, 5) is 4.42. The maximum Gasteiger partial charge on any atom is 0.153 e. The Kier molecular flexibility index (Phi) is 4.69. The maximum absolute atomic E-state index is 11.5. The van der Waals surface area contributed by atoms with Crippen LogP contribution in [0.15, 0.2) is 5.38 Å². The van der Waals surface area contributed by atoms with E-state index >= 15 is 0 Å². The number of nitrogens with zero attached hydrogens (tertiary/aromatic N) is 1. The molecule has 0 saturated carbocycles. The fourth-order valence-electron chi connectivity index (χ4n) is 1.22. The smallest absolute Gasteiger partial charge is 0.153 e. The average molecular weight is 276 g/mol. The second-order valence-electron chi connectivity index (χ2n) is 4.72. The summed E-state index contributed by atoms with van der Waals surface area (Å²) < 4.78 is 22.2. The Morgan fingerprint density at radius 1 is 1.47 bits per heavy atom. The third-order valence-electron chi connectivity index (χ3n) is 2.76. The van der Waals surface area contributed by atoms with Gasteiger partial charge < -0.3 is 5.32 Å². The van der Waals surface area contributed by atoms with Gasteiger partial charge in [-0.3, -0.25) is 0 Å². The molecule has 0 aliphatic heterocycles. The van der Waals surface area contributed by atoms with Crippen molar-refractivity contribution >= 4 is 21.2 Å². The first kappa shape index (κ1) is 14.6. The van der Waals surface area contributed by atoms with Gasteiger partial charge in [-0.25, -0.2) is 13.4 Å². The molecule has 0 spiro atoms. The van der Waals surface area contributed by atoms with E-state index in [9.17, 15) is 8.42 Å². The summed E-state index contributed by atoms with van der Waals surface area (Å²) in [5.41, 5.74) is 0.983. The van der Waals surface area contributed by atoms with Crippen LogP contribution in [0.5, 0.6) is 0 Å². The number of sulfone groups is 1. The zero-order valence-corrected chi connectivity index (χ0v) is 12.4. The Morgan fingerprint density at radius 2 is 2.12 bits per heavy atom. The highest BCUT2D eigenvalue weighted by Crippen LogP contribution is 2.14. The molecular weight excluding hydrogens is 256 g/mol. The number of hydrogen-bond donors (Lipinski definition) is 1. The van der Waals surface area contributed by atoms with Gasteiger partial charge in [-0.15, -0.1) is 11.3 Å². The molecule has 0 radical (unpaired) electrons. The van der Waals surface area contributed by atoms with Gasteiger partial charge in [0.15, 0.2) is 9.84 Å². The fraction of sp³-hybridized carbons (Fsp3) is 0.727. The molecule has 1 heterocycles. The second kappa shape index (κ2) is 5.46. The molecule has 0 fully saturated rings. The van der Waals surface area contributed by atoms with E-state index < -0.39 is 14.6 Å². The summed E-state index contributed by atoms with van der Waals surface area (Å²) in [6, 6.07) is 0. The SMILES string of the molecule is CCc1nc(CNCC(C)(C)S(C)(=O)=O)cs1. The standard InChI is InChI=1S/C11H20N2O2S2/c1-5-10-13-9(7-16-10)6-12-8-11(2,3)17(4,14)15/h7,12H,5-6,8H2,1-4H3. The molecule has 0 aliphatic rings. The highest BCUT2D eigenvalue weighted by atomic mass is 32.2. The summed E-state index contributed by atoms with van der Waals surface area (Å²) in [6.07, 6.45) is 2.21. The maximum atomic E-state index is 11.5. The Hall–Kier alpha value is -0.460. The van der Waals surface area contributed by atoms with Crippen molar-refractivity contribution in [2.75, 3.05) is 12.8 Å². The van der Waals surface area contributed by atoms with E-state index in [0.717, 1.165) is 17.1 Å². The van der Waals surface area contributed by atoms with Crippen LogP contribution in [0.3, 0.4) is 0 Å². The first-order valence-electron chi connectivity index (χ1n) is 5.60. The van der Waals surface area contributed by atoms with Gasteiger partial charge in [-0.2, -0.15) is 0 Å². The molecule has 6 heteroatoms. The number of aryl methyl sites for hydroxylation is 1. The largest absolute Gasteiger partial charge is 0.310 e. The third-order valence-corrected chi connectivity index (χ3v) is 5.96. The molecule has 98 valence electrons. The van der Waals surface area contributed by atoms with E-state index in [4.69, 9.17) is 0 Å². The summed E-state index contributed by atoms with van der Waals surface area (Å²) in [5.74, 6) is 0. The minimum absolute atomic E-state index is 0.435. The van der Waals surface area contributed by atoms with Crippen molar-refractivity contribution in [1.82, 2.24) is 10.3 Å². The van der Waals surface area contributed by atoms with Crippen molar-refractivity contribution in [2.24, 2.45) is 0 Å². The van der Waals surface area contributed by atoms with E-state index in [2.05, 4.69) is 17.2 Å². The second-order valence-corrected chi connectivity index (χ2v) is 8.31. The van der Waals surface area contributed by atoms with Crippen LogP contribution in [0.1, 0.15) is 31.5 Å². The average Bonchev–Trinajstić information content (AvgIpc) is 2.63. The van der Waals surface area contributed by atoms with Crippen molar-refractivity contribution in [3.63, 3.8) is 0 Å². The van der Waals surface area contributed by atoms with Crippen LogP contribution in [0.25, 0.3) is 0 Å². The number of rotatable bonds is 6. The number of hydrogen-bond acceptors (Lipinski definition) is 5. The molecule has 0 unspecified atom stereocenters. The predicted molar refractivity (Wildman–Crippen MR) is 72.1 cm³/mol. The molecule has 0 aromatic carbocycles. The lowest BCUT2D eigenvalue weighted by molar-refractivity contribution is 0.520. The Morgan fingerprint density at radius 3 is 2.59 bits per heavy atom. The Bertz CT molecular complexity index is 464. The highest BCUT2D eigenvalue weighted by Gasteiger charge is 2.29. The molecule has 0 aliphatic carbocycles. The molecule has 0 atom stereocenters. The van der Waals surface area contributed by atoms with Gasteiger partial charge in [0.2, 0.25) is 0 Å². The molecule has 0 amide bonds. The molecule has 1 N–H and O–H groups in total. The summed E-state index contributed by atoms with van der Waals surface area (Å²) in [6.45, 7) is 6.59. The van der Waals surface area contributed by atoms with Crippen LogP contribution in [-0.2, 0) is 22.8 Å². The first-order valence-corrected chi connectivity index (χ1v) is 8.37. The van der Waals surface area contributed by atoms with Crippen LogP contribution in [-0.4, -0.2) is 30.9 Å². The van der Waals surface area contributed by atoms with Crippen LogP contribution < -0.4 is 5.32 Å². The normalized spacial score (nSPS) is 12.9. The van der Waals surface area contributed by atoms with Crippen molar-refractivity contribution in [2.45, 2.75) is 38.5 Å². The lowest BCUT2D eigenvalue weighted by Crippen LogP contribution is -2.41. The molecular formula is C11H20N2O2S2. The molecule has 17 heavy (non-hydrogen) atoms. The predicted octanol–water partition coefficient (Wildman–Crippen LogP) is 1.62. The van der Waals surface area contributed by atoms with Crippen LogP contribution in [0.2, 0.25) is 0 Å². The van der Waals surface area contributed by atoms with E-state index in [-0.39, 0.29) is 0 Å². The zero-order chi connectivity index (χ0) is 13.1. The van der Waals surface area contributed by atoms with Gasteiger partial charge in [0, 0.05) is 24.7 Å². The van der Waals surface area contributed by atoms with Gasteiger partial charge >= 0.3 is 0 Å². The van der Waals surface area contributed by atoms with E-state index in [1.54, 1.807) is 25.2 Å². The fourth-order valence-corrected chi connectivity index (χ4v) is 2.32. The minimum Gasteiger partial charge on any atom is -0.310 e. The van der Waals surface area contributed by atoms with Gasteiger partial charge in [0.25, 0.3) is 0 Å². The topological polar surface area (TPSA) is 59.1 Å². The van der Waals surface area contributed by atoms with Crippen LogP contribution in [0.4, 0.5) is 0 Å². The van der Waals surface area contributed by atoms with Gasteiger partial charge in [-0.05, 0) is 20.3 Å². The molecule has 1 aromatic rings. The van der Waals surface area contributed by atoms with Gasteiger partial charge in [-0.1, -0.05) is 6.92 Å². The van der Waals surface area contributed by atoms with Crippen LogP contribution >= 0.6 is 11.3 Å². The van der Waals surface area contributed by atoms with Crippen molar-refractivity contribution in [1.29, 1.82) is 0 Å². The number of thiazole rings is 1. The minimum atomic E-state index is -3.04. The first-order chi connectivity index (χ1) is 7.76. The zero-order valence-electron chi connectivity index (χ0n) is 10.8. The van der Waals surface area contributed by atoms with Crippen molar-refractivity contribution in [3.05, 3.63) is 16.1 Å². The van der Waals surface area contributed by atoms with Crippen LogP contribution in [0, 0.1) is 0 Å². The summed E-state index contributed by atoms with van der Waals surface area (Å²) in [5, 5.41) is 6.28. The van der Waals surface area contributed by atoms with Gasteiger partial charge in [0.1, 0.15) is 0 Å². The molecule has 4 nitrogen and oxygen atoms in total. The Balaban J connectivity index is 2.48. The highest BCUT2D eigenvalue weighted by molar-refractivity contribution is 7.92. The van der Waals surface area contributed by atoms with E-state index in [1.165, 1.54) is 6.26 Å². The van der Waals surface area contributed by atoms with Crippen molar-refractivity contribution in [3.8, 4) is 0 Å². The summed E-state index contributed by atoms with van der Waals surface area (Å²) in [7, 11) is -3.04.